The van der Waals surface area contributed by atoms with Gasteiger partial charge in [-0.2, -0.15) is 0 Å². The predicted molar refractivity (Wildman–Crippen MR) is 37.3 cm³/mol. The first-order valence-electron chi connectivity index (χ1n) is 3.11. The van der Waals surface area contributed by atoms with Crippen LogP contribution in [0.2, 0.25) is 0 Å². The van der Waals surface area contributed by atoms with Crippen LogP contribution in [0.15, 0.2) is 30.5 Å². The van der Waals surface area contributed by atoms with Gasteiger partial charge in [-0.1, -0.05) is 12.1 Å². The Morgan fingerprint density at radius 2 is 2.10 bits per heavy atom. The lowest BCUT2D eigenvalue weighted by molar-refractivity contribution is -0.711. The van der Waals surface area contributed by atoms with Gasteiger partial charge >= 0.3 is 0 Å². The van der Waals surface area contributed by atoms with Gasteiger partial charge in [0.25, 0.3) is 0 Å². The number of nitrogens with one attached hydrogen (secondary N) is 1. The first kappa shape index (κ1) is 5.65. The molecule has 2 rings (SSSR count). The van der Waals surface area contributed by atoms with Crippen LogP contribution in [0.4, 0.5) is 5.69 Å². The van der Waals surface area contributed by atoms with E-state index in [1.54, 1.807) is 0 Å². The molecule has 1 aliphatic heterocycles. The maximum absolute atomic E-state index is 10.9. The van der Waals surface area contributed by atoms with Crippen LogP contribution < -0.4 is 5.06 Å². The van der Waals surface area contributed by atoms with Gasteiger partial charge < -0.3 is 10.3 Å². The van der Waals surface area contributed by atoms with Crippen molar-refractivity contribution in [1.29, 1.82) is 0 Å². The highest BCUT2D eigenvalue weighted by Gasteiger charge is 2.10. The third-order valence-electron chi connectivity index (χ3n) is 1.55. The highest BCUT2D eigenvalue weighted by Crippen LogP contribution is 2.12. The summed E-state index contributed by atoms with van der Waals surface area (Å²) in [4.78, 5) is 0. The van der Waals surface area contributed by atoms with Crippen LogP contribution in [0.5, 0.6) is 0 Å². The summed E-state index contributed by atoms with van der Waals surface area (Å²) in [6.07, 6.45) is 4.35. The standard InChI is InChI=1S/C8H6NO/c10-9-6-5-7-3-1-2-4-8(7)9/h1-4,6,9H. The number of para-hydroxylation sites is 1. The zero-order chi connectivity index (χ0) is 6.97. The lowest BCUT2D eigenvalue weighted by Crippen LogP contribution is -2.95. The van der Waals surface area contributed by atoms with Crippen molar-refractivity contribution >= 4 is 5.69 Å². The van der Waals surface area contributed by atoms with E-state index < -0.39 is 0 Å². The molecule has 1 unspecified atom stereocenters. The molecule has 0 aromatic heterocycles. The van der Waals surface area contributed by atoms with E-state index in [4.69, 9.17) is 0 Å². The molecule has 1 aromatic rings. The molecule has 49 valence electrons. The van der Waals surface area contributed by atoms with Crippen LogP contribution >= 0.6 is 0 Å². The van der Waals surface area contributed by atoms with Gasteiger partial charge in [-0.25, -0.2) is 0 Å². The Morgan fingerprint density at radius 3 is 2.90 bits per heavy atom. The number of quaternary nitrogens is 1. The first-order valence-corrected chi connectivity index (χ1v) is 3.11. The maximum atomic E-state index is 10.9. The van der Waals surface area contributed by atoms with Crippen molar-refractivity contribution < 1.29 is 5.06 Å². The Hall–Kier alpha value is -1.12. The van der Waals surface area contributed by atoms with Crippen LogP contribution in [-0.4, -0.2) is 0 Å². The van der Waals surface area contributed by atoms with E-state index in [1.807, 2.05) is 24.3 Å². The highest BCUT2D eigenvalue weighted by molar-refractivity contribution is 5.46. The molecule has 2 nitrogen and oxygen atoms in total. The molecule has 1 N–H and O–H groups in total. The van der Waals surface area contributed by atoms with Gasteiger partial charge in [0.1, 0.15) is 11.9 Å². The van der Waals surface area contributed by atoms with E-state index in [0.717, 1.165) is 11.3 Å². The quantitative estimate of drug-likeness (QED) is 0.508. The molecule has 1 atom stereocenters. The summed E-state index contributed by atoms with van der Waals surface area (Å²) in [6.45, 7) is 0. The molecule has 0 fully saturated rings. The van der Waals surface area contributed by atoms with Gasteiger partial charge in [0.05, 0.1) is 6.08 Å². The van der Waals surface area contributed by atoms with Crippen molar-refractivity contribution in [1.82, 2.24) is 0 Å². The van der Waals surface area contributed by atoms with E-state index in [1.165, 1.54) is 6.20 Å². The smallest absolute Gasteiger partial charge is 0.143 e. The normalized spacial score (nSPS) is 21.1. The van der Waals surface area contributed by atoms with Gasteiger partial charge in [-0.05, 0) is 6.07 Å². The Labute approximate surface area is 59.0 Å². The predicted octanol–water partition coefficient (Wildman–Crippen LogP) is 0.379. The van der Waals surface area contributed by atoms with Crippen molar-refractivity contribution in [3.05, 3.63) is 47.3 Å². The summed E-state index contributed by atoms with van der Waals surface area (Å²) in [5.41, 5.74) is 1.68. The van der Waals surface area contributed by atoms with E-state index >= 15 is 0 Å². The zero-order valence-corrected chi connectivity index (χ0v) is 5.29. The molecule has 0 bridgehead atoms. The molecule has 1 heterocycles. The Kier molecular flexibility index (Phi) is 1.09. The molecule has 1 aliphatic rings. The summed E-state index contributed by atoms with van der Waals surface area (Å²) >= 11 is 0. The summed E-state index contributed by atoms with van der Waals surface area (Å²) in [5.74, 6) is 0. The van der Waals surface area contributed by atoms with E-state index in [-0.39, 0.29) is 5.06 Å². The number of hydroxylamine groups is 1. The van der Waals surface area contributed by atoms with Crippen molar-refractivity contribution in [2.75, 3.05) is 0 Å². The number of benzene rings is 1. The second kappa shape index (κ2) is 1.94. The molecule has 0 spiro atoms. The molecule has 2 heteroatoms. The van der Waals surface area contributed by atoms with Crippen molar-refractivity contribution in [3.8, 4) is 0 Å². The molecule has 0 saturated carbocycles. The summed E-state index contributed by atoms with van der Waals surface area (Å²) in [7, 11) is 0. The van der Waals surface area contributed by atoms with Crippen LogP contribution in [0.1, 0.15) is 5.56 Å². The van der Waals surface area contributed by atoms with E-state index in [9.17, 15) is 5.21 Å². The van der Waals surface area contributed by atoms with Gasteiger partial charge in [-0.15, -0.1) is 0 Å². The molecular formula is C8H6NO. The van der Waals surface area contributed by atoms with Gasteiger partial charge in [0.15, 0.2) is 0 Å². The minimum absolute atomic E-state index is 0.0654. The van der Waals surface area contributed by atoms with Gasteiger partial charge in [-0.3, -0.25) is 0 Å². The SMILES string of the molecule is [O-][NH+]1C=[C]c2ccccc21. The van der Waals surface area contributed by atoms with Crippen LogP contribution in [0.25, 0.3) is 0 Å². The molecular weight excluding hydrogens is 126 g/mol. The van der Waals surface area contributed by atoms with E-state index in [0.29, 0.717) is 0 Å². The second-order valence-corrected chi connectivity index (χ2v) is 2.20. The molecule has 1 radical (unpaired) electrons. The fraction of sp³-hybridized carbons (Fsp3) is 0. The monoisotopic (exact) mass is 132 g/mol. The third kappa shape index (κ3) is 0.667. The second-order valence-electron chi connectivity index (χ2n) is 2.20. The summed E-state index contributed by atoms with van der Waals surface area (Å²) in [5, 5.41) is 11.0. The highest BCUT2D eigenvalue weighted by atomic mass is 16.5. The zero-order valence-electron chi connectivity index (χ0n) is 5.29. The fourth-order valence-corrected chi connectivity index (χ4v) is 1.04. The first-order chi connectivity index (χ1) is 4.88. The van der Waals surface area contributed by atoms with Crippen LogP contribution in [-0.2, 0) is 0 Å². The minimum atomic E-state index is 0.0654. The maximum Gasteiger partial charge on any atom is 0.143 e. The lowest BCUT2D eigenvalue weighted by atomic mass is 10.2. The third-order valence-corrected chi connectivity index (χ3v) is 1.55. The Morgan fingerprint density at radius 1 is 1.30 bits per heavy atom. The topological polar surface area (TPSA) is 27.5 Å². The van der Waals surface area contributed by atoms with Crippen molar-refractivity contribution in [2.45, 2.75) is 0 Å². The van der Waals surface area contributed by atoms with Crippen molar-refractivity contribution in [2.24, 2.45) is 0 Å². The summed E-state index contributed by atoms with van der Waals surface area (Å²) in [6, 6.07) is 7.46. The molecule has 1 aromatic carbocycles. The fourth-order valence-electron chi connectivity index (χ4n) is 1.04. The molecule has 0 aliphatic carbocycles. The largest absolute Gasteiger partial charge is 0.624 e. The van der Waals surface area contributed by atoms with Crippen molar-refractivity contribution in [3.63, 3.8) is 0 Å². The lowest BCUT2D eigenvalue weighted by Gasteiger charge is -2.12. The Balaban J connectivity index is 2.59. The van der Waals surface area contributed by atoms with Gasteiger partial charge in [0, 0.05) is 11.6 Å². The number of fused-ring (bicyclic) bond motifs is 1. The van der Waals surface area contributed by atoms with Crippen LogP contribution in [0, 0.1) is 11.3 Å². The average molecular weight is 132 g/mol. The average Bonchev–Trinajstić information content (AvgIpc) is 2.34. The minimum Gasteiger partial charge on any atom is -0.624 e. The number of hydrogen-bond donors (Lipinski definition) is 1. The summed E-state index contributed by atoms with van der Waals surface area (Å²) < 4.78 is 0. The number of rotatable bonds is 0. The van der Waals surface area contributed by atoms with Gasteiger partial charge in [0.2, 0.25) is 0 Å². The Bertz CT molecular complexity index is 280. The number of hydrogen-bond acceptors (Lipinski definition) is 1. The molecule has 0 saturated heterocycles. The van der Waals surface area contributed by atoms with E-state index in [2.05, 4.69) is 6.08 Å². The molecule has 10 heavy (non-hydrogen) atoms. The molecule has 0 amide bonds. The van der Waals surface area contributed by atoms with Crippen LogP contribution in [0.3, 0.4) is 0 Å².